The van der Waals surface area contributed by atoms with Gasteiger partial charge in [-0.2, -0.15) is 13.2 Å². The number of halogens is 3. The van der Waals surface area contributed by atoms with Gasteiger partial charge >= 0.3 is 6.18 Å². The van der Waals surface area contributed by atoms with Gasteiger partial charge in [-0.05, 0) is 51.4 Å². The van der Waals surface area contributed by atoms with E-state index >= 15 is 0 Å². The SMILES string of the molecule is CC(NCc1cc(N(C)C)c2c(c1O)C(=O)C1=C(O)[C@]3(O)C(=O)C(C(N)=O)C(O)C(N(C)C)[C@@H]3C[C@@H]1C2)C(F)(F)F. The maximum Gasteiger partial charge on any atom is 0.403 e. The number of aliphatic hydroxyl groups is 3. The first-order valence-electron chi connectivity index (χ1n) is 13.1. The third kappa shape index (κ3) is 4.66. The van der Waals surface area contributed by atoms with Crippen molar-refractivity contribution in [2.24, 2.45) is 23.5 Å². The molecule has 1 saturated carbocycles. The maximum atomic E-state index is 14.0. The first-order valence-corrected chi connectivity index (χ1v) is 13.1. The number of likely N-dealkylation sites (N-methyl/N-ethyl adjacent to an activating group) is 1. The summed E-state index contributed by atoms with van der Waals surface area (Å²) in [6.07, 6.45) is -6.10. The Morgan fingerprint density at radius 2 is 1.83 bits per heavy atom. The van der Waals surface area contributed by atoms with Crippen molar-refractivity contribution in [1.29, 1.82) is 0 Å². The Bertz CT molecular complexity index is 1330. The second kappa shape index (κ2) is 10.3. The van der Waals surface area contributed by atoms with Crippen molar-refractivity contribution >= 4 is 23.2 Å². The van der Waals surface area contributed by atoms with Crippen molar-refractivity contribution in [1.82, 2.24) is 10.2 Å². The van der Waals surface area contributed by atoms with E-state index in [9.17, 15) is 48.0 Å². The van der Waals surface area contributed by atoms with Crippen LogP contribution in [0.3, 0.4) is 0 Å². The molecule has 1 aromatic rings. The zero-order chi connectivity index (χ0) is 30.9. The van der Waals surface area contributed by atoms with Gasteiger partial charge in [0.05, 0.1) is 11.7 Å². The van der Waals surface area contributed by atoms with Gasteiger partial charge in [0.15, 0.2) is 17.2 Å². The van der Waals surface area contributed by atoms with Crippen LogP contribution in [0, 0.1) is 17.8 Å². The molecule has 0 aromatic heterocycles. The molecule has 0 bridgehead atoms. The number of nitrogens with two attached hydrogens (primary N) is 1. The molecule has 0 spiro atoms. The number of primary amides is 1. The molecule has 4 rings (SSSR count). The molecule has 3 aliphatic carbocycles. The molecule has 4 unspecified atom stereocenters. The number of rotatable bonds is 6. The molecule has 0 aliphatic heterocycles. The van der Waals surface area contributed by atoms with Gasteiger partial charge in [0.25, 0.3) is 0 Å². The minimum atomic E-state index is -4.55. The fraction of sp³-hybridized carbons (Fsp3) is 0.593. The van der Waals surface area contributed by atoms with Gasteiger partial charge in [-0.1, -0.05) is 0 Å². The molecule has 7 atom stereocenters. The van der Waals surface area contributed by atoms with Crippen LogP contribution < -0.4 is 16.0 Å². The Morgan fingerprint density at radius 3 is 2.34 bits per heavy atom. The quantitative estimate of drug-likeness (QED) is 0.257. The van der Waals surface area contributed by atoms with Crippen LogP contribution in [0.2, 0.25) is 0 Å². The first-order chi connectivity index (χ1) is 18.8. The Labute approximate surface area is 234 Å². The Morgan fingerprint density at radius 1 is 1.22 bits per heavy atom. The lowest BCUT2D eigenvalue weighted by Gasteiger charge is -2.53. The van der Waals surface area contributed by atoms with E-state index in [0.29, 0.717) is 11.3 Å². The minimum Gasteiger partial charge on any atom is -0.508 e. The number of Topliss-reactive ketones (excluding diaryl/α,β-unsaturated/α-hetero) is 2. The zero-order valence-corrected chi connectivity index (χ0v) is 23.3. The molecule has 1 fully saturated rings. The summed E-state index contributed by atoms with van der Waals surface area (Å²) >= 11 is 0. The Kier molecular flexibility index (Phi) is 7.70. The number of aromatic hydroxyl groups is 1. The van der Waals surface area contributed by atoms with Crippen molar-refractivity contribution in [2.75, 3.05) is 33.1 Å². The Hall–Kier alpha value is -3.20. The van der Waals surface area contributed by atoms with Crippen LogP contribution in [0.25, 0.3) is 0 Å². The number of alkyl halides is 3. The number of nitrogens with zero attached hydrogens (tertiary/aromatic N) is 2. The van der Waals surface area contributed by atoms with Crippen LogP contribution in [0.4, 0.5) is 18.9 Å². The normalized spacial score (nSPS) is 30.6. The summed E-state index contributed by atoms with van der Waals surface area (Å²) in [4.78, 5) is 42.7. The molecular weight excluding hydrogens is 549 g/mol. The number of anilines is 1. The largest absolute Gasteiger partial charge is 0.508 e. The number of ketones is 2. The number of fused-ring (bicyclic) bond motifs is 3. The molecule has 0 heterocycles. The van der Waals surface area contributed by atoms with E-state index in [0.717, 1.165) is 6.92 Å². The topological polar surface area (TPSA) is 177 Å². The molecule has 0 saturated heterocycles. The lowest BCUT2D eigenvalue weighted by molar-refractivity contribution is -0.178. The molecule has 0 radical (unpaired) electrons. The van der Waals surface area contributed by atoms with Gasteiger partial charge < -0.3 is 41.3 Å². The molecular formula is C27H35F3N4O7. The van der Waals surface area contributed by atoms with Crippen LogP contribution >= 0.6 is 0 Å². The maximum absolute atomic E-state index is 14.0. The van der Waals surface area contributed by atoms with Gasteiger partial charge in [0.1, 0.15) is 23.5 Å². The Balaban J connectivity index is 1.88. The van der Waals surface area contributed by atoms with Crippen LogP contribution in [0.15, 0.2) is 17.4 Å². The van der Waals surface area contributed by atoms with E-state index in [1.165, 1.54) is 11.0 Å². The number of phenols is 1. The van der Waals surface area contributed by atoms with Crippen molar-refractivity contribution in [3.8, 4) is 5.75 Å². The molecule has 3 aliphatic rings. The molecule has 226 valence electrons. The van der Waals surface area contributed by atoms with Crippen LogP contribution in [-0.4, -0.2) is 101 Å². The predicted molar refractivity (Wildman–Crippen MR) is 140 cm³/mol. The number of carbonyl (C=O) groups is 3. The number of hydrogen-bond donors (Lipinski definition) is 6. The van der Waals surface area contributed by atoms with Crippen LogP contribution in [0.5, 0.6) is 5.75 Å². The number of hydrogen-bond acceptors (Lipinski definition) is 10. The molecule has 14 heteroatoms. The van der Waals surface area contributed by atoms with E-state index in [4.69, 9.17) is 5.73 Å². The second-order valence-electron chi connectivity index (χ2n) is 11.6. The monoisotopic (exact) mass is 584 g/mol. The number of phenolic OH excluding ortho intramolecular Hbond substituents is 1. The predicted octanol–water partition coefficient (Wildman–Crippen LogP) is 0.392. The molecule has 7 N–H and O–H groups in total. The van der Waals surface area contributed by atoms with Gasteiger partial charge in [0.2, 0.25) is 5.91 Å². The van der Waals surface area contributed by atoms with Crippen LogP contribution in [-0.2, 0) is 22.6 Å². The molecule has 11 nitrogen and oxygen atoms in total. The van der Waals surface area contributed by atoms with E-state index in [-0.39, 0.29) is 29.5 Å². The van der Waals surface area contributed by atoms with Crippen molar-refractivity contribution in [3.63, 3.8) is 0 Å². The average molecular weight is 585 g/mol. The lowest BCUT2D eigenvalue weighted by Crippen LogP contribution is -2.71. The van der Waals surface area contributed by atoms with Crippen molar-refractivity contribution < 1.29 is 48.0 Å². The summed E-state index contributed by atoms with van der Waals surface area (Å²) in [6, 6.07) is -1.42. The van der Waals surface area contributed by atoms with Crippen molar-refractivity contribution in [3.05, 3.63) is 34.1 Å². The number of benzene rings is 1. The summed E-state index contributed by atoms with van der Waals surface area (Å²) in [5.74, 6) is -8.65. The fourth-order valence-corrected chi connectivity index (χ4v) is 6.62. The lowest BCUT2D eigenvalue weighted by atomic mass is 9.56. The van der Waals surface area contributed by atoms with E-state index < -0.39 is 83.2 Å². The highest BCUT2D eigenvalue weighted by molar-refractivity contribution is 6.16. The van der Waals surface area contributed by atoms with Gasteiger partial charge in [-0.15, -0.1) is 0 Å². The standard InChI is InChI=1S/C27H35F3N4O7/c1-10(27(28,29)30)32-9-12-8-15(33(2)3)13-6-11-7-14-19(34(4)5)22(37)18(25(31)40)24(39)26(14,41)23(38)16(11)21(36)17(13)20(12)35/h8,10-11,14,18-19,22,32,35,37-38,41H,6-7,9H2,1-5H3,(H2,31,40)/t10?,11-,14-,18?,19?,22?,26-/m0/s1. The summed E-state index contributed by atoms with van der Waals surface area (Å²) < 4.78 is 39.3. The number of aliphatic hydroxyl groups excluding tert-OH is 2. The summed E-state index contributed by atoms with van der Waals surface area (Å²) in [6.45, 7) is 0.480. The highest BCUT2D eigenvalue weighted by Gasteiger charge is 2.66. The number of allylic oxidation sites excluding steroid dienone is 1. The minimum absolute atomic E-state index is 0.00108. The summed E-state index contributed by atoms with van der Waals surface area (Å²) in [5, 5.41) is 47.5. The smallest absolute Gasteiger partial charge is 0.403 e. The fourth-order valence-electron chi connectivity index (χ4n) is 6.62. The van der Waals surface area contributed by atoms with Crippen LogP contribution in [0.1, 0.15) is 34.8 Å². The third-order valence-electron chi connectivity index (χ3n) is 8.72. The van der Waals surface area contributed by atoms with Crippen molar-refractivity contribution in [2.45, 2.75) is 56.3 Å². The van der Waals surface area contributed by atoms with E-state index in [1.807, 2.05) is 0 Å². The molecule has 41 heavy (non-hydrogen) atoms. The third-order valence-corrected chi connectivity index (χ3v) is 8.72. The number of nitrogens with one attached hydrogen (secondary N) is 1. The van der Waals surface area contributed by atoms with Gasteiger partial charge in [-0.25, -0.2) is 0 Å². The van der Waals surface area contributed by atoms with E-state index in [2.05, 4.69) is 5.32 Å². The number of amides is 1. The second-order valence-corrected chi connectivity index (χ2v) is 11.6. The van der Waals surface area contributed by atoms with Gasteiger partial charge in [-0.3, -0.25) is 14.4 Å². The highest BCUT2D eigenvalue weighted by Crippen LogP contribution is 2.53. The molecule has 1 amide bonds. The average Bonchev–Trinajstić information content (AvgIpc) is 2.84. The first kappa shape index (κ1) is 30.8. The van der Waals surface area contributed by atoms with Gasteiger partial charge in [0, 0.05) is 49.4 Å². The summed E-state index contributed by atoms with van der Waals surface area (Å²) in [5.41, 5.74) is 2.91. The molecule has 1 aromatic carbocycles. The summed E-state index contributed by atoms with van der Waals surface area (Å²) in [7, 11) is 6.46. The highest BCUT2D eigenvalue weighted by atomic mass is 19.4. The zero-order valence-electron chi connectivity index (χ0n) is 23.3. The van der Waals surface area contributed by atoms with E-state index in [1.54, 1.807) is 33.1 Å². The number of carbonyl (C=O) groups excluding carboxylic acids is 3.